The van der Waals surface area contributed by atoms with Crippen molar-refractivity contribution in [2.75, 3.05) is 25.0 Å². The maximum absolute atomic E-state index is 12.4. The average Bonchev–Trinajstić information content (AvgIpc) is 2.54. The normalized spacial score (nSPS) is 19.9. The summed E-state index contributed by atoms with van der Waals surface area (Å²) in [7, 11) is 0. The monoisotopic (exact) mass is 338 g/mol. The lowest BCUT2D eigenvalue weighted by molar-refractivity contribution is -0.150. The first-order valence-electron chi connectivity index (χ1n) is 7.98. The topological polar surface area (TPSA) is 58.6 Å². The smallest absolute Gasteiger partial charge is 0.310 e. The van der Waals surface area contributed by atoms with Crippen LogP contribution in [0, 0.1) is 5.92 Å². The molecule has 0 saturated carbocycles. The molecule has 1 amide bonds. The number of rotatable bonds is 5. The lowest BCUT2D eigenvalue weighted by Gasteiger charge is -2.35. The van der Waals surface area contributed by atoms with Crippen LogP contribution in [0.25, 0.3) is 0 Å². The van der Waals surface area contributed by atoms with Crippen molar-refractivity contribution in [1.29, 1.82) is 0 Å². The van der Waals surface area contributed by atoms with Gasteiger partial charge in [0.25, 0.3) is 0 Å². The number of carbonyl (C=O) groups is 2. The molecule has 1 aliphatic heterocycles. The number of amides is 1. The minimum absolute atomic E-state index is 0.100. The van der Waals surface area contributed by atoms with Crippen LogP contribution in [0.3, 0.4) is 0 Å². The fraction of sp³-hybridized carbons (Fsp3) is 0.529. The Kier molecular flexibility index (Phi) is 6.42. The van der Waals surface area contributed by atoms with E-state index in [0.717, 1.165) is 19.4 Å². The summed E-state index contributed by atoms with van der Waals surface area (Å²) in [5.74, 6) is -0.415. The predicted molar refractivity (Wildman–Crippen MR) is 90.5 cm³/mol. The van der Waals surface area contributed by atoms with Crippen LogP contribution < -0.4 is 5.32 Å². The number of hydrogen-bond acceptors (Lipinski definition) is 4. The summed E-state index contributed by atoms with van der Waals surface area (Å²) >= 11 is 5.93. The summed E-state index contributed by atoms with van der Waals surface area (Å²) in [6, 6.07) is 6.75. The number of nitrogens with one attached hydrogen (secondary N) is 1. The molecule has 0 unspecified atom stereocenters. The molecule has 6 heteroatoms. The molecule has 1 fully saturated rings. The van der Waals surface area contributed by atoms with Crippen LogP contribution in [0.2, 0.25) is 5.02 Å². The van der Waals surface area contributed by atoms with Gasteiger partial charge in [0.1, 0.15) is 0 Å². The molecular formula is C17H23ClN2O3. The van der Waals surface area contributed by atoms with E-state index in [1.54, 1.807) is 31.2 Å². The quantitative estimate of drug-likeness (QED) is 0.839. The van der Waals surface area contributed by atoms with Gasteiger partial charge in [-0.2, -0.15) is 0 Å². The second kappa shape index (κ2) is 8.31. The molecule has 0 spiro atoms. The van der Waals surface area contributed by atoms with Gasteiger partial charge in [-0.15, -0.1) is 0 Å². The molecule has 2 rings (SSSR count). The van der Waals surface area contributed by atoms with Crippen LogP contribution in [0.4, 0.5) is 5.69 Å². The van der Waals surface area contributed by atoms with Crippen molar-refractivity contribution in [2.45, 2.75) is 32.7 Å². The Balaban J connectivity index is 1.94. The van der Waals surface area contributed by atoms with E-state index in [0.29, 0.717) is 23.9 Å². The highest BCUT2D eigenvalue weighted by Gasteiger charge is 2.31. The Morgan fingerprint density at radius 2 is 2.26 bits per heavy atom. The highest BCUT2D eigenvalue weighted by molar-refractivity contribution is 6.30. The molecule has 0 aliphatic carbocycles. The summed E-state index contributed by atoms with van der Waals surface area (Å²) in [5, 5.41) is 3.45. The number of piperidine rings is 1. The number of likely N-dealkylation sites (tertiary alicyclic amines) is 1. The maximum Gasteiger partial charge on any atom is 0.310 e. The van der Waals surface area contributed by atoms with Crippen molar-refractivity contribution in [2.24, 2.45) is 5.92 Å². The first kappa shape index (κ1) is 17.8. The highest BCUT2D eigenvalue weighted by Crippen LogP contribution is 2.21. The molecule has 5 nitrogen and oxygen atoms in total. The van der Waals surface area contributed by atoms with Crippen molar-refractivity contribution >= 4 is 29.2 Å². The lowest BCUT2D eigenvalue weighted by Crippen LogP contribution is -2.48. The van der Waals surface area contributed by atoms with E-state index in [9.17, 15) is 9.59 Å². The average molecular weight is 339 g/mol. The molecule has 126 valence electrons. The van der Waals surface area contributed by atoms with Crippen LogP contribution in [-0.4, -0.2) is 42.5 Å². The Hall–Kier alpha value is -1.59. The third-order valence-corrected chi connectivity index (χ3v) is 4.33. The van der Waals surface area contributed by atoms with Crippen molar-refractivity contribution in [3.63, 3.8) is 0 Å². The number of anilines is 1. The Labute approximate surface area is 141 Å². The van der Waals surface area contributed by atoms with Gasteiger partial charge in [-0.1, -0.05) is 17.7 Å². The van der Waals surface area contributed by atoms with E-state index in [1.165, 1.54) is 0 Å². The van der Waals surface area contributed by atoms with Crippen LogP contribution in [-0.2, 0) is 14.3 Å². The summed E-state index contributed by atoms with van der Waals surface area (Å²) in [5.41, 5.74) is 0.674. The minimum Gasteiger partial charge on any atom is -0.466 e. The molecule has 23 heavy (non-hydrogen) atoms. The number of benzene rings is 1. The minimum atomic E-state index is -0.314. The van der Waals surface area contributed by atoms with Gasteiger partial charge in [-0.25, -0.2) is 0 Å². The van der Waals surface area contributed by atoms with Gasteiger partial charge in [0.15, 0.2) is 0 Å². The van der Waals surface area contributed by atoms with Gasteiger partial charge in [-0.3, -0.25) is 14.5 Å². The van der Waals surface area contributed by atoms with Crippen LogP contribution in [0.5, 0.6) is 0 Å². The summed E-state index contributed by atoms with van der Waals surface area (Å²) in [4.78, 5) is 26.3. The zero-order valence-corrected chi connectivity index (χ0v) is 14.3. The van der Waals surface area contributed by atoms with Crippen LogP contribution in [0.1, 0.15) is 26.7 Å². The molecule has 1 N–H and O–H groups in total. The number of ether oxygens (including phenoxy) is 1. The van der Waals surface area contributed by atoms with Gasteiger partial charge in [-0.05, 0) is 51.4 Å². The number of carbonyl (C=O) groups excluding carboxylic acids is 2. The lowest BCUT2D eigenvalue weighted by atomic mass is 9.97. The Morgan fingerprint density at radius 3 is 2.96 bits per heavy atom. The first-order chi connectivity index (χ1) is 11.0. The van der Waals surface area contributed by atoms with Gasteiger partial charge >= 0.3 is 5.97 Å². The summed E-state index contributed by atoms with van der Waals surface area (Å²) < 4.78 is 5.10. The van der Waals surface area contributed by atoms with Crippen molar-refractivity contribution < 1.29 is 14.3 Å². The SMILES string of the molecule is CCOC(=O)[C@@H]1CCCN([C@@H](C)C(=O)Nc2cccc(Cl)c2)C1. The molecular weight excluding hydrogens is 316 g/mol. The molecule has 2 atom stereocenters. The molecule has 1 heterocycles. The molecule has 1 aromatic rings. The van der Waals surface area contributed by atoms with Gasteiger partial charge in [0, 0.05) is 17.3 Å². The third kappa shape index (κ3) is 4.94. The van der Waals surface area contributed by atoms with E-state index in [2.05, 4.69) is 5.32 Å². The number of esters is 1. The molecule has 0 bridgehead atoms. The van der Waals surface area contributed by atoms with Crippen molar-refractivity contribution in [1.82, 2.24) is 4.90 Å². The van der Waals surface area contributed by atoms with Gasteiger partial charge < -0.3 is 10.1 Å². The van der Waals surface area contributed by atoms with Crippen molar-refractivity contribution in [3.05, 3.63) is 29.3 Å². The van der Waals surface area contributed by atoms with Crippen molar-refractivity contribution in [3.8, 4) is 0 Å². The molecule has 0 radical (unpaired) electrons. The summed E-state index contributed by atoms with van der Waals surface area (Å²) in [6.45, 7) is 5.41. The zero-order valence-electron chi connectivity index (χ0n) is 13.5. The highest BCUT2D eigenvalue weighted by atomic mass is 35.5. The van der Waals surface area contributed by atoms with Gasteiger partial charge in [0.2, 0.25) is 5.91 Å². The molecule has 1 saturated heterocycles. The predicted octanol–water partition coefficient (Wildman–Crippen LogP) is 2.94. The molecule has 1 aliphatic rings. The first-order valence-corrected chi connectivity index (χ1v) is 8.36. The fourth-order valence-corrected chi connectivity index (χ4v) is 2.98. The van der Waals surface area contributed by atoms with E-state index >= 15 is 0 Å². The zero-order chi connectivity index (χ0) is 16.8. The molecule has 0 aromatic heterocycles. The Bertz CT molecular complexity index is 565. The van der Waals surface area contributed by atoms with E-state index in [1.807, 2.05) is 11.8 Å². The number of nitrogens with zero attached hydrogens (tertiary/aromatic N) is 1. The van der Waals surface area contributed by atoms with E-state index < -0.39 is 0 Å². The number of hydrogen-bond donors (Lipinski definition) is 1. The van der Waals surface area contributed by atoms with Crippen LogP contribution >= 0.6 is 11.6 Å². The van der Waals surface area contributed by atoms with Crippen LogP contribution in [0.15, 0.2) is 24.3 Å². The van der Waals surface area contributed by atoms with Gasteiger partial charge in [0.05, 0.1) is 18.6 Å². The standard InChI is InChI=1S/C17H23ClN2O3/c1-3-23-17(22)13-6-5-9-20(11-13)12(2)16(21)19-15-8-4-7-14(18)10-15/h4,7-8,10,12-13H,3,5-6,9,11H2,1-2H3,(H,19,21)/t12-,13+/m0/s1. The largest absolute Gasteiger partial charge is 0.466 e. The molecule has 1 aromatic carbocycles. The number of halogens is 1. The second-order valence-electron chi connectivity index (χ2n) is 5.76. The Morgan fingerprint density at radius 1 is 1.48 bits per heavy atom. The van der Waals surface area contributed by atoms with E-state index in [4.69, 9.17) is 16.3 Å². The third-order valence-electron chi connectivity index (χ3n) is 4.09. The summed E-state index contributed by atoms with van der Waals surface area (Å²) in [6.07, 6.45) is 1.70. The fourth-order valence-electron chi connectivity index (χ4n) is 2.79. The van der Waals surface area contributed by atoms with E-state index in [-0.39, 0.29) is 23.8 Å². The maximum atomic E-state index is 12.4. The second-order valence-corrected chi connectivity index (χ2v) is 6.20.